The van der Waals surface area contributed by atoms with E-state index in [0.717, 1.165) is 48.6 Å². The SMILES string of the molecule is CCC(C)C=Nc1c(C(C)=N)c(-c2ccc(C(C)=O)cc2)nn1C1CCN(C)C1. The number of nitrogens with one attached hydrogen (secondary N) is 1. The third kappa shape index (κ3) is 4.53. The van der Waals surface area contributed by atoms with Crippen LogP contribution in [0.4, 0.5) is 5.82 Å². The summed E-state index contributed by atoms with van der Waals surface area (Å²) in [6, 6.07) is 7.72. The molecular formula is C23H31N5O. The second-order valence-corrected chi connectivity index (χ2v) is 8.12. The number of rotatable bonds is 7. The fourth-order valence-electron chi connectivity index (χ4n) is 3.63. The maximum absolute atomic E-state index is 11.6. The molecule has 6 nitrogen and oxygen atoms in total. The van der Waals surface area contributed by atoms with E-state index >= 15 is 0 Å². The van der Waals surface area contributed by atoms with Crippen molar-refractivity contribution >= 4 is 23.5 Å². The van der Waals surface area contributed by atoms with Gasteiger partial charge in [0.05, 0.1) is 11.6 Å². The molecule has 1 aromatic heterocycles. The van der Waals surface area contributed by atoms with Gasteiger partial charge in [-0.25, -0.2) is 9.67 Å². The Morgan fingerprint density at radius 3 is 2.55 bits per heavy atom. The minimum absolute atomic E-state index is 0.0402. The number of carbonyl (C=O) groups is 1. The lowest BCUT2D eigenvalue weighted by molar-refractivity contribution is 0.101. The summed E-state index contributed by atoms with van der Waals surface area (Å²) in [6.07, 6.45) is 4.01. The van der Waals surface area contributed by atoms with Gasteiger partial charge >= 0.3 is 0 Å². The number of likely N-dealkylation sites (tertiary alicyclic amines) is 1. The van der Waals surface area contributed by atoms with Crippen LogP contribution in [0.15, 0.2) is 29.3 Å². The number of aliphatic imine (C=N–C) groups is 1. The Labute approximate surface area is 173 Å². The third-order valence-electron chi connectivity index (χ3n) is 5.63. The van der Waals surface area contributed by atoms with Gasteiger partial charge in [0.15, 0.2) is 11.6 Å². The second kappa shape index (κ2) is 8.82. The van der Waals surface area contributed by atoms with Crippen LogP contribution in [0.2, 0.25) is 0 Å². The van der Waals surface area contributed by atoms with Crippen LogP contribution >= 0.6 is 0 Å². The molecule has 2 aromatic rings. The molecule has 6 heteroatoms. The first-order chi connectivity index (χ1) is 13.8. The average molecular weight is 394 g/mol. The number of benzene rings is 1. The Morgan fingerprint density at radius 1 is 1.34 bits per heavy atom. The lowest BCUT2D eigenvalue weighted by atomic mass is 10.0. The summed E-state index contributed by atoms with van der Waals surface area (Å²) in [5.41, 5.74) is 3.56. The Kier molecular flexibility index (Phi) is 6.42. The Hall–Kier alpha value is -2.60. The summed E-state index contributed by atoms with van der Waals surface area (Å²) in [7, 11) is 2.12. The van der Waals surface area contributed by atoms with Crippen molar-refractivity contribution in [1.82, 2.24) is 14.7 Å². The molecule has 3 rings (SSSR count). The Morgan fingerprint density at radius 2 is 2.03 bits per heavy atom. The van der Waals surface area contributed by atoms with Gasteiger partial charge in [0.1, 0.15) is 5.69 Å². The smallest absolute Gasteiger partial charge is 0.160 e. The lowest BCUT2D eigenvalue weighted by Crippen LogP contribution is -2.17. The monoisotopic (exact) mass is 393 g/mol. The van der Waals surface area contributed by atoms with Crippen LogP contribution in [0.25, 0.3) is 11.3 Å². The van der Waals surface area contributed by atoms with E-state index in [2.05, 4.69) is 25.8 Å². The van der Waals surface area contributed by atoms with Gasteiger partial charge in [-0.15, -0.1) is 0 Å². The molecule has 0 aliphatic carbocycles. The Balaban J connectivity index is 2.15. The van der Waals surface area contributed by atoms with E-state index in [1.165, 1.54) is 0 Å². The van der Waals surface area contributed by atoms with E-state index in [-0.39, 0.29) is 11.8 Å². The van der Waals surface area contributed by atoms with Gasteiger partial charge < -0.3 is 10.3 Å². The number of nitrogens with zero attached hydrogens (tertiary/aromatic N) is 4. The summed E-state index contributed by atoms with van der Waals surface area (Å²) >= 11 is 0. The second-order valence-electron chi connectivity index (χ2n) is 8.12. The molecule has 1 aromatic carbocycles. The molecular weight excluding hydrogens is 362 g/mol. The fraction of sp³-hybridized carbons (Fsp3) is 0.478. The standard InChI is InChI=1S/C23H31N5O/c1-6-15(2)13-25-23-21(16(3)24)22(19-9-7-18(8-10-19)17(4)29)26-28(23)20-11-12-27(5)14-20/h7-10,13,15,20,24H,6,11-12,14H2,1-5H3. The molecule has 29 heavy (non-hydrogen) atoms. The van der Waals surface area contributed by atoms with Crippen molar-refractivity contribution in [1.29, 1.82) is 5.41 Å². The highest BCUT2D eigenvalue weighted by molar-refractivity contribution is 6.06. The molecule has 1 N–H and O–H groups in total. The molecule has 1 aliphatic heterocycles. The van der Waals surface area contributed by atoms with Crippen LogP contribution in [0.5, 0.6) is 0 Å². The minimum Gasteiger partial charge on any atom is -0.305 e. The van der Waals surface area contributed by atoms with Gasteiger partial charge in [0, 0.05) is 36.1 Å². The summed E-state index contributed by atoms with van der Waals surface area (Å²) in [5.74, 6) is 1.17. The first-order valence-electron chi connectivity index (χ1n) is 10.3. The number of ketones is 1. The number of hydrogen-bond donors (Lipinski definition) is 1. The Bertz CT molecular complexity index is 925. The zero-order valence-corrected chi connectivity index (χ0v) is 18.1. The van der Waals surface area contributed by atoms with Crippen LogP contribution in [-0.2, 0) is 0 Å². The number of hydrogen-bond acceptors (Lipinski definition) is 5. The van der Waals surface area contributed by atoms with Crippen molar-refractivity contribution in [2.45, 2.75) is 46.6 Å². The molecule has 1 saturated heterocycles. The van der Waals surface area contributed by atoms with Crippen molar-refractivity contribution in [2.75, 3.05) is 20.1 Å². The van der Waals surface area contributed by atoms with Crippen molar-refractivity contribution in [3.63, 3.8) is 0 Å². The zero-order valence-electron chi connectivity index (χ0n) is 18.1. The largest absolute Gasteiger partial charge is 0.305 e. The van der Waals surface area contributed by atoms with E-state index in [4.69, 9.17) is 15.5 Å². The molecule has 1 fully saturated rings. The molecule has 0 radical (unpaired) electrons. The summed E-state index contributed by atoms with van der Waals surface area (Å²) < 4.78 is 2.02. The van der Waals surface area contributed by atoms with Crippen molar-refractivity contribution in [3.05, 3.63) is 35.4 Å². The summed E-state index contributed by atoms with van der Waals surface area (Å²) in [4.78, 5) is 18.8. The van der Waals surface area contributed by atoms with Gasteiger partial charge in [-0.05, 0) is 39.7 Å². The predicted octanol–water partition coefficient (Wildman–Crippen LogP) is 4.77. The minimum atomic E-state index is 0.0402. The molecule has 2 unspecified atom stereocenters. The van der Waals surface area contributed by atoms with Crippen LogP contribution in [-0.4, -0.2) is 52.5 Å². The fourth-order valence-corrected chi connectivity index (χ4v) is 3.63. The first-order valence-corrected chi connectivity index (χ1v) is 10.3. The molecule has 154 valence electrons. The lowest BCUT2D eigenvalue weighted by Gasteiger charge is -2.13. The van der Waals surface area contributed by atoms with Crippen LogP contribution in [0.3, 0.4) is 0 Å². The zero-order chi connectivity index (χ0) is 21.1. The van der Waals surface area contributed by atoms with E-state index in [0.29, 0.717) is 17.2 Å². The molecule has 0 spiro atoms. The molecule has 1 aliphatic rings. The number of aromatic nitrogens is 2. The number of carbonyl (C=O) groups excluding carboxylic acids is 1. The predicted molar refractivity (Wildman–Crippen MR) is 119 cm³/mol. The topological polar surface area (TPSA) is 74.3 Å². The number of likely N-dealkylation sites (N-methyl/N-ethyl adjacent to an activating group) is 1. The molecule has 2 heterocycles. The summed E-state index contributed by atoms with van der Waals surface area (Å²) in [5, 5.41) is 13.4. The van der Waals surface area contributed by atoms with Gasteiger partial charge in [0.25, 0.3) is 0 Å². The van der Waals surface area contributed by atoms with E-state index < -0.39 is 0 Å². The van der Waals surface area contributed by atoms with Gasteiger partial charge in [0.2, 0.25) is 0 Å². The van der Waals surface area contributed by atoms with Crippen molar-refractivity contribution in [3.8, 4) is 11.3 Å². The van der Waals surface area contributed by atoms with Crippen LogP contribution in [0, 0.1) is 11.3 Å². The van der Waals surface area contributed by atoms with E-state index in [1.54, 1.807) is 13.8 Å². The van der Waals surface area contributed by atoms with Crippen LogP contribution < -0.4 is 0 Å². The van der Waals surface area contributed by atoms with Crippen LogP contribution in [0.1, 0.15) is 62.5 Å². The molecule has 2 atom stereocenters. The highest BCUT2D eigenvalue weighted by Crippen LogP contribution is 2.35. The van der Waals surface area contributed by atoms with Gasteiger partial charge in [-0.2, -0.15) is 5.10 Å². The van der Waals surface area contributed by atoms with Gasteiger partial charge in [-0.1, -0.05) is 38.1 Å². The highest BCUT2D eigenvalue weighted by atomic mass is 16.1. The quantitative estimate of drug-likeness (QED) is 0.544. The average Bonchev–Trinajstić information content (AvgIpc) is 3.29. The molecule has 0 saturated carbocycles. The number of Topliss-reactive ketones (excluding diaryl/α,β-unsaturated/α-hetero) is 1. The van der Waals surface area contributed by atoms with Crippen molar-refractivity contribution in [2.24, 2.45) is 10.9 Å². The van der Waals surface area contributed by atoms with E-state index in [9.17, 15) is 4.79 Å². The van der Waals surface area contributed by atoms with Crippen molar-refractivity contribution < 1.29 is 4.79 Å². The first kappa shape index (κ1) is 21.1. The molecule has 0 bridgehead atoms. The van der Waals surface area contributed by atoms with Gasteiger partial charge in [-0.3, -0.25) is 4.79 Å². The maximum atomic E-state index is 11.6. The maximum Gasteiger partial charge on any atom is 0.160 e. The van der Waals surface area contributed by atoms with E-state index in [1.807, 2.05) is 35.2 Å². The molecule has 0 amide bonds. The normalized spacial score (nSPS) is 18.4. The summed E-state index contributed by atoms with van der Waals surface area (Å²) in [6.45, 7) is 9.59. The highest BCUT2D eigenvalue weighted by Gasteiger charge is 2.28. The third-order valence-corrected chi connectivity index (χ3v) is 5.63.